The Labute approximate surface area is 107 Å². The number of carboxylic acid groups (broad SMARTS) is 1. The highest BCUT2D eigenvalue weighted by molar-refractivity contribution is 6.36. The third-order valence-corrected chi connectivity index (χ3v) is 2.91. The number of likely N-dealkylation sites (N-methyl/N-ethyl adjacent to an activating group) is 1. The first kappa shape index (κ1) is 13.0. The van der Waals surface area contributed by atoms with Crippen LogP contribution in [0.3, 0.4) is 0 Å². The second-order valence-corrected chi connectivity index (χ2v) is 4.20. The molecule has 0 saturated carbocycles. The molecule has 2 N–H and O–H groups in total. The van der Waals surface area contributed by atoms with Crippen LogP contribution in [0.1, 0.15) is 12.8 Å². The number of hydrogen-bond donors (Lipinski definition) is 2. The number of carbonyl (C=O) groups excluding carboxylic acids is 3. The molecule has 1 fully saturated rings. The molecule has 9 heteroatoms. The maximum Gasteiger partial charge on any atom is 0.353 e. The van der Waals surface area contributed by atoms with Crippen molar-refractivity contribution in [3.8, 4) is 0 Å². The van der Waals surface area contributed by atoms with Crippen LogP contribution in [0.2, 0.25) is 0 Å². The minimum atomic E-state index is -1.26. The van der Waals surface area contributed by atoms with Crippen molar-refractivity contribution >= 4 is 29.4 Å². The Morgan fingerprint density at radius 3 is 2.58 bits per heavy atom. The number of oxime groups is 1. The van der Waals surface area contributed by atoms with E-state index in [-0.39, 0.29) is 24.5 Å². The molecule has 2 heterocycles. The fourth-order valence-corrected chi connectivity index (χ4v) is 1.78. The van der Waals surface area contributed by atoms with Crippen molar-refractivity contribution in [2.45, 2.75) is 25.0 Å². The molecule has 2 aliphatic heterocycles. The van der Waals surface area contributed by atoms with Gasteiger partial charge >= 0.3 is 5.97 Å². The Morgan fingerprint density at radius 1 is 1.42 bits per heavy atom. The number of imide groups is 1. The highest BCUT2D eigenvalue weighted by atomic mass is 16.6. The summed E-state index contributed by atoms with van der Waals surface area (Å²) >= 11 is 0. The summed E-state index contributed by atoms with van der Waals surface area (Å²) in [7, 11) is 1.33. The molecule has 0 aliphatic carbocycles. The molecule has 9 nitrogen and oxygen atoms in total. The summed E-state index contributed by atoms with van der Waals surface area (Å²) in [6.07, 6.45) is -1.37. The number of carbonyl (C=O) groups is 4. The molecule has 0 bridgehead atoms. The van der Waals surface area contributed by atoms with E-state index >= 15 is 0 Å². The van der Waals surface area contributed by atoms with Crippen molar-refractivity contribution in [3.63, 3.8) is 0 Å². The molecule has 0 radical (unpaired) electrons. The topological polar surface area (TPSA) is 125 Å². The molecule has 3 amide bonds. The van der Waals surface area contributed by atoms with Gasteiger partial charge in [-0.1, -0.05) is 5.16 Å². The zero-order valence-corrected chi connectivity index (χ0v) is 9.95. The van der Waals surface area contributed by atoms with E-state index in [1.165, 1.54) is 7.05 Å². The molecule has 19 heavy (non-hydrogen) atoms. The largest absolute Gasteiger partial charge is 0.477 e. The standard InChI is InChI=1S/C10H11N3O6/c1-13-7(14)3-4(9(13)16)11-8(15)6-2-5(10(17)18)12-19-6/h4,6H,2-3H2,1H3,(H,11,15)(H,17,18). The van der Waals surface area contributed by atoms with Crippen LogP contribution in [0.4, 0.5) is 0 Å². The lowest BCUT2D eigenvalue weighted by atomic mass is 10.1. The highest BCUT2D eigenvalue weighted by Crippen LogP contribution is 2.14. The van der Waals surface area contributed by atoms with Crippen LogP contribution in [0.15, 0.2) is 5.16 Å². The van der Waals surface area contributed by atoms with Crippen LogP contribution >= 0.6 is 0 Å². The van der Waals surface area contributed by atoms with Crippen molar-refractivity contribution in [2.75, 3.05) is 7.05 Å². The maximum atomic E-state index is 11.7. The van der Waals surface area contributed by atoms with Gasteiger partial charge in [-0.25, -0.2) is 4.79 Å². The Bertz CT molecular complexity index is 499. The number of aliphatic carboxylic acids is 1. The lowest BCUT2D eigenvalue weighted by Crippen LogP contribution is -2.45. The van der Waals surface area contributed by atoms with Gasteiger partial charge in [-0.3, -0.25) is 19.3 Å². The first-order valence-corrected chi connectivity index (χ1v) is 5.47. The number of hydrogen-bond acceptors (Lipinski definition) is 6. The number of nitrogens with one attached hydrogen (secondary N) is 1. The Hall–Kier alpha value is -2.45. The van der Waals surface area contributed by atoms with E-state index in [4.69, 9.17) is 5.11 Å². The summed E-state index contributed by atoms with van der Waals surface area (Å²) in [5.74, 6) is -2.82. The SMILES string of the molecule is CN1C(=O)CC(NC(=O)C2CC(C(=O)O)=NO2)C1=O. The van der Waals surface area contributed by atoms with Gasteiger partial charge in [0.2, 0.25) is 12.0 Å². The lowest BCUT2D eigenvalue weighted by Gasteiger charge is -2.13. The van der Waals surface area contributed by atoms with Crippen molar-refractivity contribution in [1.82, 2.24) is 10.2 Å². The van der Waals surface area contributed by atoms with Crippen LogP contribution in [0.25, 0.3) is 0 Å². The smallest absolute Gasteiger partial charge is 0.353 e. The maximum absolute atomic E-state index is 11.7. The van der Waals surface area contributed by atoms with Crippen LogP contribution in [0.5, 0.6) is 0 Å². The van der Waals surface area contributed by atoms with E-state index < -0.39 is 29.9 Å². The summed E-state index contributed by atoms with van der Waals surface area (Å²) in [4.78, 5) is 50.8. The molecular weight excluding hydrogens is 258 g/mol. The van der Waals surface area contributed by atoms with Crippen LogP contribution in [-0.4, -0.2) is 58.6 Å². The monoisotopic (exact) mass is 269 g/mol. The number of rotatable bonds is 3. The van der Waals surface area contributed by atoms with Crippen molar-refractivity contribution in [1.29, 1.82) is 0 Å². The van der Waals surface area contributed by atoms with Gasteiger partial charge in [-0.05, 0) is 0 Å². The molecule has 0 spiro atoms. The number of nitrogens with zero attached hydrogens (tertiary/aromatic N) is 2. The molecule has 0 aromatic rings. The highest BCUT2D eigenvalue weighted by Gasteiger charge is 2.39. The second-order valence-electron chi connectivity index (χ2n) is 4.20. The predicted octanol–water partition coefficient (Wildman–Crippen LogP) is -1.91. The van der Waals surface area contributed by atoms with Crippen molar-refractivity contribution in [3.05, 3.63) is 0 Å². The Balaban J connectivity index is 1.92. The molecule has 1 saturated heterocycles. The van der Waals surface area contributed by atoms with Gasteiger partial charge in [0.15, 0.2) is 5.71 Å². The van der Waals surface area contributed by atoms with Crippen molar-refractivity contribution in [2.24, 2.45) is 5.16 Å². The molecule has 0 aromatic carbocycles. The van der Waals surface area contributed by atoms with Gasteiger partial charge in [0.1, 0.15) is 6.04 Å². The minimum Gasteiger partial charge on any atom is -0.477 e. The van der Waals surface area contributed by atoms with Crippen LogP contribution < -0.4 is 5.32 Å². The van der Waals surface area contributed by atoms with Gasteiger partial charge in [-0.15, -0.1) is 0 Å². The van der Waals surface area contributed by atoms with Gasteiger partial charge in [0, 0.05) is 13.5 Å². The molecular formula is C10H11N3O6. The van der Waals surface area contributed by atoms with Gasteiger partial charge in [0.25, 0.3) is 11.8 Å². The third-order valence-electron chi connectivity index (χ3n) is 2.91. The fourth-order valence-electron chi connectivity index (χ4n) is 1.78. The van der Waals surface area contributed by atoms with E-state index in [0.717, 1.165) is 4.90 Å². The number of likely N-dealkylation sites (tertiary alicyclic amines) is 1. The summed E-state index contributed by atoms with van der Waals surface area (Å²) in [5, 5.41) is 14.3. The fraction of sp³-hybridized carbons (Fsp3) is 0.500. The number of carboxylic acids is 1. The lowest BCUT2D eigenvalue weighted by molar-refractivity contribution is -0.139. The van der Waals surface area contributed by atoms with E-state index in [1.54, 1.807) is 0 Å². The van der Waals surface area contributed by atoms with E-state index in [9.17, 15) is 19.2 Å². The van der Waals surface area contributed by atoms with E-state index in [0.29, 0.717) is 0 Å². The zero-order valence-electron chi connectivity index (χ0n) is 9.95. The summed E-state index contributed by atoms with van der Waals surface area (Å²) in [6, 6.07) is -0.928. The minimum absolute atomic E-state index is 0.111. The first-order chi connectivity index (χ1) is 8.90. The molecule has 102 valence electrons. The second kappa shape index (κ2) is 4.67. The zero-order chi connectivity index (χ0) is 14.2. The van der Waals surface area contributed by atoms with Gasteiger partial charge in [-0.2, -0.15) is 0 Å². The molecule has 2 rings (SSSR count). The Morgan fingerprint density at radius 2 is 2.11 bits per heavy atom. The van der Waals surface area contributed by atoms with Crippen molar-refractivity contribution < 1.29 is 29.1 Å². The summed E-state index contributed by atoms with van der Waals surface area (Å²) in [6.45, 7) is 0. The average molecular weight is 269 g/mol. The molecule has 2 atom stereocenters. The van der Waals surface area contributed by atoms with Gasteiger partial charge in [0.05, 0.1) is 6.42 Å². The normalized spacial score (nSPS) is 26.2. The average Bonchev–Trinajstić information content (AvgIpc) is 2.92. The van der Waals surface area contributed by atoms with E-state index in [2.05, 4.69) is 15.3 Å². The number of amides is 3. The first-order valence-electron chi connectivity index (χ1n) is 5.47. The Kier molecular flexibility index (Phi) is 3.19. The van der Waals surface area contributed by atoms with Crippen LogP contribution in [-0.2, 0) is 24.0 Å². The molecule has 0 aromatic heterocycles. The predicted molar refractivity (Wildman–Crippen MR) is 58.9 cm³/mol. The van der Waals surface area contributed by atoms with Crippen LogP contribution in [0, 0.1) is 0 Å². The third kappa shape index (κ3) is 2.39. The molecule has 2 aliphatic rings. The summed E-state index contributed by atoms with van der Waals surface area (Å²) in [5.41, 5.74) is -0.258. The van der Waals surface area contributed by atoms with E-state index in [1.807, 2.05) is 0 Å². The quantitative estimate of drug-likeness (QED) is 0.576. The van der Waals surface area contributed by atoms with Gasteiger partial charge < -0.3 is 15.3 Å². The summed E-state index contributed by atoms with van der Waals surface area (Å²) < 4.78 is 0. The molecule has 2 unspecified atom stereocenters.